The summed E-state index contributed by atoms with van der Waals surface area (Å²) in [6.45, 7) is 2.96. The van der Waals surface area contributed by atoms with Gasteiger partial charge in [-0.2, -0.15) is 0 Å². The molecule has 3 heteroatoms. The molecule has 128 valence electrons. The third-order valence-electron chi connectivity index (χ3n) is 3.58. The molecule has 0 bridgehead atoms. The molecule has 0 spiro atoms. The van der Waals surface area contributed by atoms with Crippen LogP contribution in [0.4, 0.5) is 4.79 Å². The number of unbranched alkanes of at least 4 members (excludes halogenated alkanes) is 8. The van der Waals surface area contributed by atoms with Gasteiger partial charge in [0.05, 0.1) is 7.11 Å². The molecule has 1 N–H and O–H groups in total. The van der Waals surface area contributed by atoms with Crippen molar-refractivity contribution in [2.75, 3.05) is 13.7 Å². The molecule has 0 aliphatic rings. The number of methoxy groups -OCH3 is 1. The van der Waals surface area contributed by atoms with Crippen LogP contribution in [0.5, 0.6) is 0 Å². The van der Waals surface area contributed by atoms with Crippen molar-refractivity contribution in [3.8, 4) is 0 Å². The number of allylic oxidation sites excluding steroid dienone is 4. The average Bonchev–Trinajstić information content (AvgIpc) is 2.54. The first-order valence-electron chi connectivity index (χ1n) is 8.93. The van der Waals surface area contributed by atoms with E-state index in [0.29, 0.717) is 0 Å². The second kappa shape index (κ2) is 17.8. The fourth-order valence-corrected chi connectivity index (χ4v) is 2.20. The summed E-state index contributed by atoms with van der Waals surface area (Å²) in [5.74, 6) is 0. The number of ether oxygens (including phenoxy) is 1. The molecule has 3 nitrogen and oxygen atoms in total. The highest BCUT2D eigenvalue weighted by atomic mass is 16.5. The Morgan fingerprint density at radius 2 is 1.45 bits per heavy atom. The molecule has 0 saturated heterocycles. The standard InChI is InChI=1S/C19H35NO2/c1-3-4-5-6-7-8-9-10-11-12-13-14-15-16-17-18-20-19(21)22-2/h7-8,10-11H,3-6,9,12-18H2,1-2H3,(H,20,21)/b8-7-,11-10-. The Morgan fingerprint density at radius 1 is 0.864 bits per heavy atom. The largest absolute Gasteiger partial charge is 0.453 e. The Balaban J connectivity index is 3.19. The van der Waals surface area contributed by atoms with Crippen LogP contribution in [0.3, 0.4) is 0 Å². The van der Waals surface area contributed by atoms with Gasteiger partial charge in [0.15, 0.2) is 0 Å². The molecule has 0 aliphatic heterocycles. The highest BCUT2D eigenvalue weighted by Gasteiger charge is 1.96. The predicted molar refractivity (Wildman–Crippen MR) is 95.1 cm³/mol. The summed E-state index contributed by atoms with van der Waals surface area (Å²) < 4.78 is 4.51. The van der Waals surface area contributed by atoms with E-state index in [2.05, 4.69) is 41.3 Å². The first-order chi connectivity index (χ1) is 10.8. The Hall–Kier alpha value is -1.25. The second-order valence-electron chi connectivity index (χ2n) is 5.65. The minimum atomic E-state index is -0.329. The van der Waals surface area contributed by atoms with Crippen LogP contribution >= 0.6 is 0 Å². The van der Waals surface area contributed by atoms with Crippen molar-refractivity contribution in [2.24, 2.45) is 0 Å². The van der Waals surface area contributed by atoms with Crippen LogP contribution in [0.2, 0.25) is 0 Å². The zero-order valence-electron chi connectivity index (χ0n) is 14.6. The van der Waals surface area contributed by atoms with Crippen molar-refractivity contribution in [1.29, 1.82) is 0 Å². The number of hydrogen-bond acceptors (Lipinski definition) is 2. The first kappa shape index (κ1) is 20.8. The Kier molecular flexibility index (Phi) is 16.8. The third-order valence-corrected chi connectivity index (χ3v) is 3.58. The summed E-state index contributed by atoms with van der Waals surface area (Å²) in [6, 6.07) is 0. The van der Waals surface area contributed by atoms with Gasteiger partial charge in [0, 0.05) is 6.54 Å². The van der Waals surface area contributed by atoms with E-state index in [0.717, 1.165) is 19.4 Å². The third kappa shape index (κ3) is 16.8. The summed E-state index contributed by atoms with van der Waals surface area (Å²) >= 11 is 0. The number of alkyl carbamates (subject to hydrolysis) is 1. The zero-order chi connectivity index (χ0) is 16.3. The quantitative estimate of drug-likeness (QED) is 0.327. The van der Waals surface area contributed by atoms with E-state index in [1.807, 2.05) is 0 Å². The summed E-state index contributed by atoms with van der Waals surface area (Å²) in [5.41, 5.74) is 0. The number of nitrogens with one attached hydrogen (secondary N) is 1. The molecule has 0 aliphatic carbocycles. The van der Waals surface area contributed by atoms with Crippen LogP contribution in [-0.4, -0.2) is 19.7 Å². The molecule has 0 aromatic heterocycles. The van der Waals surface area contributed by atoms with Gasteiger partial charge in [-0.15, -0.1) is 0 Å². The predicted octanol–water partition coefficient (Wildman–Crippen LogP) is 5.77. The van der Waals surface area contributed by atoms with Crippen molar-refractivity contribution < 1.29 is 9.53 Å². The van der Waals surface area contributed by atoms with Gasteiger partial charge >= 0.3 is 6.09 Å². The fourth-order valence-electron chi connectivity index (χ4n) is 2.20. The molecule has 0 fully saturated rings. The van der Waals surface area contributed by atoms with Gasteiger partial charge in [0.25, 0.3) is 0 Å². The highest BCUT2D eigenvalue weighted by molar-refractivity contribution is 5.66. The zero-order valence-corrected chi connectivity index (χ0v) is 14.6. The van der Waals surface area contributed by atoms with Gasteiger partial charge in [-0.05, 0) is 38.5 Å². The normalized spacial score (nSPS) is 11.4. The lowest BCUT2D eigenvalue weighted by Crippen LogP contribution is -2.23. The van der Waals surface area contributed by atoms with Gasteiger partial charge < -0.3 is 10.1 Å². The number of hydrogen-bond donors (Lipinski definition) is 1. The first-order valence-corrected chi connectivity index (χ1v) is 8.93. The molecule has 0 heterocycles. The molecule has 22 heavy (non-hydrogen) atoms. The van der Waals surface area contributed by atoms with Crippen molar-refractivity contribution in [3.05, 3.63) is 24.3 Å². The maximum Gasteiger partial charge on any atom is 0.406 e. The SMILES string of the molecule is CCCCC/C=C\C/C=C\CCCCCCCNC(=O)OC. The van der Waals surface area contributed by atoms with Gasteiger partial charge in [0.2, 0.25) is 0 Å². The summed E-state index contributed by atoms with van der Waals surface area (Å²) in [6.07, 6.45) is 22.3. The van der Waals surface area contributed by atoms with Gasteiger partial charge in [-0.1, -0.05) is 63.3 Å². The molecule has 1 amide bonds. The Labute approximate surface area is 137 Å². The van der Waals surface area contributed by atoms with E-state index in [-0.39, 0.29) is 6.09 Å². The van der Waals surface area contributed by atoms with Crippen molar-refractivity contribution in [1.82, 2.24) is 5.32 Å². The monoisotopic (exact) mass is 309 g/mol. The highest BCUT2D eigenvalue weighted by Crippen LogP contribution is 2.06. The van der Waals surface area contributed by atoms with E-state index >= 15 is 0 Å². The van der Waals surface area contributed by atoms with Crippen molar-refractivity contribution in [2.45, 2.75) is 77.6 Å². The van der Waals surface area contributed by atoms with E-state index in [9.17, 15) is 4.79 Å². The van der Waals surface area contributed by atoms with Crippen LogP contribution < -0.4 is 5.32 Å². The number of amides is 1. The summed E-state index contributed by atoms with van der Waals surface area (Å²) in [7, 11) is 1.39. The number of carbonyl (C=O) groups excluding carboxylic acids is 1. The fraction of sp³-hybridized carbons (Fsp3) is 0.737. The summed E-state index contributed by atoms with van der Waals surface area (Å²) in [5, 5.41) is 2.70. The maximum absolute atomic E-state index is 10.8. The van der Waals surface area contributed by atoms with Gasteiger partial charge in [0.1, 0.15) is 0 Å². The van der Waals surface area contributed by atoms with Crippen LogP contribution in [0.25, 0.3) is 0 Å². The molecule has 0 atom stereocenters. The molecule has 0 rings (SSSR count). The molecule has 0 radical (unpaired) electrons. The molecular formula is C19H35NO2. The topological polar surface area (TPSA) is 38.3 Å². The average molecular weight is 309 g/mol. The van der Waals surface area contributed by atoms with Crippen LogP contribution in [-0.2, 0) is 4.74 Å². The number of carbonyl (C=O) groups is 1. The van der Waals surface area contributed by atoms with Crippen LogP contribution in [0.15, 0.2) is 24.3 Å². The van der Waals surface area contributed by atoms with Crippen LogP contribution in [0, 0.1) is 0 Å². The minimum absolute atomic E-state index is 0.329. The lowest BCUT2D eigenvalue weighted by atomic mass is 10.1. The van der Waals surface area contributed by atoms with E-state index in [4.69, 9.17) is 0 Å². The number of rotatable bonds is 14. The van der Waals surface area contributed by atoms with Crippen molar-refractivity contribution >= 4 is 6.09 Å². The Bertz CT molecular complexity index is 298. The molecule has 0 saturated carbocycles. The maximum atomic E-state index is 10.8. The minimum Gasteiger partial charge on any atom is -0.453 e. The second-order valence-corrected chi connectivity index (χ2v) is 5.65. The van der Waals surface area contributed by atoms with Crippen molar-refractivity contribution in [3.63, 3.8) is 0 Å². The smallest absolute Gasteiger partial charge is 0.406 e. The molecule has 0 unspecified atom stereocenters. The summed E-state index contributed by atoms with van der Waals surface area (Å²) in [4.78, 5) is 10.8. The molecular weight excluding hydrogens is 274 g/mol. The van der Waals surface area contributed by atoms with E-state index < -0.39 is 0 Å². The lowest BCUT2D eigenvalue weighted by Gasteiger charge is -2.03. The van der Waals surface area contributed by atoms with Gasteiger partial charge in [-0.3, -0.25) is 0 Å². The lowest BCUT2D eigenvalue weighted by molar-refractivity contribution is 0.171. The van der Waals surface area contributed by atoms with E-state index in [1.165, 1.54) is 64.9 Å². The van der Waals surface area contributed by atoms with Gasteiger partial charge in [-0.25, -0.2) is 4.79 Å². The van der Waals surface area contributed by atoms with E-state index in [1.54, 1.807) is 0 Å². The molecule has 0 aromatic rings. The molecule has 0 aromatic carbocycles. The Morgan fingerprint density at radius 3 is 2.09 bits per heavy atom. The van der Waals surface area contributed by atoms with Crippen LogP contribution in [0.1, 0.15) is 77.6 Å².